The van der Waals surface area contributed by atoms with E-state index in [2.05, 4.69) is 26.0 Å². The van der Waals surface area contributed by atoms with Gasteiger partial charge in [0.05, 0.1) is 27.8 Å². The Morgan fingerprint density at radius 2 is 1.72 bits per heavy atom. The predicted octanol–water partition coefficient (Wildman–Crippen LogP) is 6.95. The standard InChI is InChI=1S/C27H26F3N5S/c1-15-8-20(28)22-21(9-15)36-26(33-22)34-6-4-27(5-7-34)10-18(11-27)24-19(25(29)30)14-32-35(24)23-16(2)12-31-13-17(23)3/h8-10,12-14,25H,4-7,11H2,1-3H3. The maximum Gasteiger partial charge on any atom is 0.267 e. The Morgan fingerprint density at radius 1 is 1.03 bits per heavy atom. The molecule has 3 aromatic heterocycles. The molecule has 1 aromatic carbocycles. The molecular formula is C27H26F3N5S. The van der Waals surface area contributed by atoms with Gasteiger partial charge in [-0.3, -0.25) is 4.98 Å². The Kier molecular flexibility index (Phi) is 5.44. The van der Waals surface area contributed by atoms with E-state index in [0.29, 0.717) is 11.2 Å². The number of hydrogen-bond donors (Lipinski definition) is 0. The SMILES string of the molecule is Cc1cc(F)c2nc(N3CCC4(C=C(c5c(C(F)F)cnn5-c5c(C)cncc5C)C4)CC3)sc2c1. The number of allylic oxidation sites excluding steroid dienone is 2. The summed E-state index contributed by atoms with van der Waals surface area (Å²) in [5.41, 5.74) is 5.30. The van der Waals surface area contributed by atoms with Gasteiger partial charge in [0.1, 0.15) is 5.52 Å². The number of aromatic nitrogens is 4. The van der Waals surface area contributed by atoms with Gasteiger partial charge >= 0.3 is 0 Å². The van der Waals surface area contributed by atoms with Gasteiger partial charge in [0, 0.05) is 25.5 Å². The van der Waals surface area contributed by atoms with Crippen molar-refractivity contribution < 1.29 is 13.2 Å². The molecular weight excluding hydrogens is 483 g/mol. The highest BCUT2D eigenvalue weighted by molar-refractivity contribution is 7.22. The summed E-state index contributed by atoms with van der Waals surface area (Å²) in [6.45, 7) is 7.33. The van der Waals surface area contributed by atoms with E-state index in [4.69, 9.17) is 0 Å². The molecule has 4 heterocycles. The monoisotopic (exact) mass is 509 g/mol. The number of halogens is 3. The van der Waals surface area contributed by atoms with Gasteiger partial charge in [-0.05, 0) is 79.8 Å². The molecule has 0 radical (unpaired) electrons. The van der Waals surface area contributed by atoms with Crippen LogP contribution < -0.4 is 4.90 Å². The summed E-state index contributed by atoms with van der Waals surface area (Å²) in [5.74, 6) is -0.279. The van der Waals surface area contributed by atoms with Gasteiger partial charge in [-0.25, -0.2) is 22.8 Å². The average Bonchev–Trinajstić information content (AvgIpc) is 3.42. The minimum Gasteiger partial charge on any atom is -0.348 e. The number of benzene rings is 1. The first-order valence-corrected chi connectivity index (χ1v) is 12.9. The zero-order chi connectivity index (χ0) is 25.2. The summed E-state index contributed by atoms with van der Waals surface area (Å²) < 4.78 is 44.8. The lowest BCUT2D eigenvalue weighted by Crippen LogP contribution is -2.42. The molecule has 0 atom stereocenters. The van der Waals surface area contributed by atoms with E-state index in [9.17, 15) is 13.2 Å². The second-order valence-corrected chi connectivity index (χ2v) is 11.1. The van der Waals surface area contributed by atoms with Crippen LogP contribution in [0.4, 0.5) is 18.3 Å². The fourth-order valence-electron chi connectivity index (χ4n) is 5.62. The third-order valence-corrected chi connectivity index (χ3v) is 8.53. The number of pyridine rings is 1. The summed E-state index contributed by atoms with van der Waals surface area (Å²) in [6, 6.07) is 3.49. The number of hydrogen-bond acceptors (Lipinski definition) is 5. The zero-order valence-corrected chi connectivity index (χ0v) is 21.2. The van der Waals surface area contributed by atoms with Crippen molar-refractivity contribution in [3.05, 3.63) is 70.6 Å². The molecule has 0 bridgehead atoms. The van der Waals surface area contributed by atoms with Gasteiger partial charge in [0.25, 0.3) is 6.43 Å². The van der Waals surface area contributed by atoms with Crippen LogP contribution in [0.15, 0.2) is 36.8 Å². The molecule has 2 aliphatic rings. The van der Waals surface area contributed by atoms with Crippen molar-refractivity contribution in [3.63, 3.8) is 0 Å². The van der Waals surface area contributed by atoms with Gasteiger partial charge in [-0.15, -0.1) is 0 Å². The summed E-state index contributed by atoms with van der Waals surface area (Å²) in [4.78, 5) is 11.0. The Labute approximate surface area is 211 Å². The summed E-state index contributed by atoms with van der Waals surface area (Å²) in [6.07, 6.45) is 6.88. The highest BCUT2D eigenvalue weighted by Gasteiger charge is 2.42. The number of anilines is 1. The number of alkyl halides is 2. The number of rotatable bonds is 4. The number of piperidine rings is 1. The fraction of sp³-hybridized carbons (Fsp3) is 0.370. The van der Waals surface area contributed by atoms with Crippen molar-refractivity contribution in [2.75, 3.05) is 18.0 Å². The largest absolute Gasteiger partial charge is 0.348 e. The molecule has 0 amide bonds. The van der Waals surface area contributed by atoms with Crippen LogP contribution in [0.5, 0.6) is 0 Å². The molecule has 1 saturated heterocycles. The lowest BCUT2D eigenvalue weighted by molar-refractivity contribution is 0.150. The van der Waals surface area contributed by atoms with Crippen molar-refractivity contribution >= 4 is 32.3 Å². The molecule has 1 aliphatic carbocycles. The molecule has 186 valence electrons. The van der Waals surface area contributed by atoms with Crippen LogP contribution in [-0.4, -0.2) is 32.8 Å². The molecule has 4 aromatic rings. The van der Waals surface area contributed by atoms with E-state index < -0.39 is 6.43 Å². The van der Waals surface area contributed by atoms with Crippen molar-refractivity contribution in [2.24, 2.45) is 5.41 Å². The van der Waals surface area contributed by atoms with Crippen molar-refractivity contribution in [2.45, 2.75) is 46.5 Å². The molecule has 9 heteroatoms. The average molecular weight is 510 g/mol. The Morgan fingerprint density at radius 3 is 2.39 bits per heavy atom. The smallest absolute Gasteiger partial charge is 0.267 e. The Bertz CT molecular complexity index is 1490. The summed E-state index contributed by atoms with van der Waals surface area (Å²) in [7, 11) is 0. The first kappa shape index (κ1) is 23.2. The number of fused-ring (bicyclic) bond motifs is 1. The van der Waals surface area contributed by atoms with Crippen molar-refractivity contribution in [1.29, 1.82) is 0 Å². The van der Waals surface area contributed by atoms with Crippen LogP contribution in [0.25, 0.3) is 21.5 Å². The lowest BCUT2D eigenvalue weighted by atomic mass is 9.64. The first-order chi connectivity index (χ1) is 17.2. The number of nitrogens with zero attached hydrogens (tertiary/aromatic N) is 5. The second-order valence-electron chi connectivity index (χ2n) is 10.1. The van der Waals surface area contributed by atoms with Crippen LogP contribution in [0.1, 0.15) is 53.6 Å². The Balaban J connectivity index is 1.27. The molecule has 5 nitrogen and oxygen atoms in total. The number of aryl methyl sites for hydroxylation is 3. The minimum atomic E-state index is -2.60. The van der Waals surface area contributed by atoms with E-state index in [0.717, 1.165) is 70.1 Å². The quantitative estimate of drug-likeness (QED) is 0.299. The van der Waals surface area contributed by atoms with Gasteiger partial charge in [-0.2, -0.15) is 5.10 Å². The molecule has 36 heavy (non-hydrogen) atoms. The topological polar surface area (TPSA) is 46.8 Å². The fourth-order valence-corrected chi connectivity index (χ4v) is 6.75. The van der Waals surface area contributed by atoms with E-state index >= 15 is 0 Å². The predicted molar refractivity (Wildman–Crippen MR) is 137 cm³/mol. The minimum absolute atomic E-state index is 0.0127. The van der Waals surface area contributed by atoms with Crippen LogP contribution in [0.3, 0.4) is 0 Å². The van der Waals surface area contributed by atoms with Gasteiger partial charge in [-0.1, -0.05) is 17.4 Å². The first-order valence-electron chi connectivity index (χ1n) is 12.1. The molecule has 0 saturated carbocycles. The third kappa shape index (κ3) is 3.72. The van der Waals surface area contributed by atoms with Crippen LogP contribution in [-0.2, 0) is 0 Å². The van der Waals surface area contributed by atoms with Gasteiger partial charge < -0.3 is 4.90 Å². The van der Waals surface area contributed by atoms with Crippen molar-refractivity contribution in [1.82, 2.24) is 19.7 Å². The molecule has 1 fully saturated rings. The number of thiazole rings is 1. The van der Waals surface area contributed by atoms with Crippen LogP contribution in [0, 0.1) is 32.0 Å². The van der Waals surface area contributed by atoms with E-state index in [1.165, 1.54) is 23.6 Å². The third-order valence-electron chi connectivity index (χ3n) is 7.47. The molecule has 6 rings (SSSR count). The van der Waals surface area contributed by atoms with Crippen LogP contribution >= 0.6 is 11.3 Å². The zero-order valence-electron chi connectivity index (χ0n) is 20.4. The summed E-state index contributed by atoms with van der Waals surface area (Å²) >= 11 is 1.52. The molecule has 0 N–H and O–H groups in total. The molecule has 1 aliphatic heterocycles. The van der Waals surface area contributed by atoms with Crippen molar-refractivity contribution in [3.8, 4) is 5.69 Å². The molecule has 0 unspecified atom stereocenters. The highest BCUT2D eigenvalue weighted by Crippen LogP contribution is 2.53. The normalized spacial score (nSPS) is 17.2. The molecule has 1 spiro atoms. The highest BCUT2D eigenvalue weighted by atomic mass is 32.1. The van der Waals surface area contributed by atoms with Gasteiger partial charge in [0.15, 0.2) is 10.9 Å². The van der Waals surface area contributed by atoms with Gasteiger partial charge in [0.2, 0.25) is 0 Å². The maximum absolute atomic E-state index is 14.3. The van der Waals surface area contributed by atoms with E-state index in [-0.39, 0.29) is 16.8 Å². The maximum atomic E-state index is 14.3. The van der Waals surface area contributed by atoms with E-state index in [1.54, 1.807) is 17.1 Å². The summed E-state index contributed by atoms with van der Waals surface area (Å²) in [5, 5.41) is 5.22. The van der Waals surface area contributed by atoms with E-state index in [1.807, 2.05) is 26.8 Å². The Hall–Kier alpha value is -3.20. The second kappa shape index (κ2) is 8.44. The van der Waals surface area contributed by atoms with Crippen LogP contribution in [0.2, 0.25) is 0 Å². The lowest BCUT2D eigenvalue weighted by Gasteiger charge is -2.46.